The van der Waals surface area contributed by atoms with Gasteiger partial charge in [-0.15, -0.1) is 0 Å². The minimum absolute atomic E-state index is 0.106. The number of nitrogens with zero attached hydrogens (tertiary/aromatic N) is 1. The van der Waals surface area contributed by atoms with Gasteiger partial charge in [-0.25, -0.2) is 0 Å². The molecule has 1 saturated heterocycles. The Hall–Kier alpha value is -3.26. The highest BCUT2D eigenvalue weighted by molar-refractivity contribution is 6.05. The van der Waals surface area contributed by atoms with Crippen LogP contribution in [0.25, 0.3) is 0 Å². The lowest BCUT2D eigenvalue weighted by atomic mass is 10.0. The van der Waals surface area contributed by atoms with Crippen molar-refractivity contribution in [2.75, 3.05) is 38.4 Å². The molecular weight excluding hydrogens is 400 g/mol. The second-order valence-electron chi connectivity index (χ2n) is 7.89. The highest BCUT2D eigenvalue weighted by atomic mass is 16.7. The van der Waals surface area contributed by atoms with Crippen LogP contribution in [0.5, 0.6) is 23.0 Å². The summed E-state index contributed by atoms with van der Waals surface area (Å²) in [4.78, 5) is 27.1. The van der Waals surface area contributed by atoms with E-state index in [1.54, 1.807) is 12.1 Å². The predicted molar refractivity (Wildman–Crippen MR) is 112 cm³/mol. The van der Waals surface area contributed by atoms with E-state index in [-0.39, 0.29) is 31.1 Å². The number of carbonyl (C=O) groups is 2. The molecule has 3 heterocycles. The van der Waals surface area contributed by atoms with Crippen molar-refractivity contribution in [2.24, 2.45) is 0 Å². The van der Waals surface area contributed by atoms with Gasteiger partial charge >= 0.3 is 0 Å². The Bertz CT molecular complexity index is 1040. The van der Waals surface area contributed by atoms with Gasteiger partial charge in [0.15, 0.2) is 28.8 Å². The Morgan fingerprint density at radius 3 is 2.55 bits per heavy atom. The average molecular weight is 424 g/mol. The molecule has 2 aromatic carbocycles. The van der Waals surface area contributed by atoms with Crippen molar-refractivity contribution in [2.45, 2.75) is 25.8 Å². The maximum atomic E-state index is 12.9. The van der Waals surface area contributed by atoms with Gasteiger partial charge in [0, 0.05) is 17.7 Å². The third kappa shape index (κ3) is 3.90. The number of ketones is 1. The first-order valence-corrected chi connectivity index (χ1v) is 10.5. The van der Waals surface area contributed by atoms with Gasteiger partial charge in [-0.2, -0.15) is 0 Å². The molecule has 5 rings (SSSR count). The molecule has 3 aliphatic rings. The molecule has 0 saturated carbocycles. The molecule has 0 spiro atoms. The molecule has 1 fully saturated rings. The number of likely N-dealkylation sites (tertiary alicyclic amines) is 1. The normalized spacial score (nSPS) is 19.3. The van der Waals surface area contributed by atoms with E-state index in [2.05, 4.69) is 10.2 Å². The van der Waals surface area contributed by atoms with E-state index in [1.165, 1.54) is 6.92 Å². The van der Waals surface area contributed by atoms with Gasteiger partial charge in [0.05, 0.1) is 12.2 Å². The third-order valence-electron chi connectivity index (χ3n) is 5.83. The molecule has 1 unspecified atom stereocenters. The lowest BCUT2D eigenvalue weighted by molar-refractivity contribution is -0.117. The number of ether oxygens (including phenoxy) is 4. The minimum Gasteiger partial charge on any atom is -0.486 e. The van der Waals surface area contributed by atoms with Crippen molar-refractivity contribution in [3.05, 3.63) is 41.5 Å². The SMILES string of the molecule is CC(=O)c1cc2c(cc1NC(=O)CN1CCCC1c1ccc3c(c1)OCCO3)OCO2. The van der Waals surface area contributed by atoms with Crippen LogP contribution in [0.15, 0.2) is 30.3 Å². The number of hydrogen-bond acceptors (Lipinski definition) is 7. The maximum Gasteiger partial charge on any atom is 0.238 e. The van der Waals surface area contributed by atoms with Crippen LogP contribution in [0, 0.1) is 0 Å². The molecule has 8 nitrogen and oxygen atoms in total. The van der Waals surface area contributed by atoms with E-state index in [4.69, 9.17) is 18.9 Å². The molecule has 0 aliphatic carbocycles. The number of rotatable bonds is 5. The fourth-order valence-corrected chi connectivity index (χ4v) is 4.37. The lowest BCUT2D eigenvalue weighted by Crippen LogP contribution is -2.33. The van der Waals surface area contributed by atoms with Gasteiger partial charge < -0.3 is 24.3 Å². The number of benzene rings is 2. The summed E-state index contributed by atoms with van der Waals surface area (Å²) in [5.41, 5.74) is 1.96. The number of carbonyl (C=O) groups excluding carboxylic acids is 2. The number of Topliss-reactive ketones (excluding diaryl/α,β-unsaturated/α-hetero) is 1. The molecule has 0 radical (unpaired) electrons. The number of amides is 1. The number of hydrogen-bond donors (Lipinski definition) is 1. The molecule has 31 heavy (non-hydrogen) atoms. The van der Waals surface area contributed by atoms with Crippen LogP contribution in [0.3, 0.4) is 0 Å². The summed E-state index contributed by atoms with van der Waals surface area (Å²) in [6.07, 6.45) is 1.98. The summed E-state index contributed by atoms with van der Waals surface area (Å²) in [7, 11) is 0. The van der Waals surface area contributed by atoms with Crippen molar-refractivity contribution >= 4 is 17.4 Å². The van der Waals surface area contributed by atoms with Gasteiger partial charge in [-0.05, 0) is 50.1 Å². The molecule has 2 aromatic rings. The summed E-state index contributed by atoms with van der Waals surface area (Å²) >= 11 is 0. The number of anilines is 1. The first-order valence-electron chi connectivity index (χ1n) is 10.5. The van der Waals surface area contributed by atoms with E-state index in [0.29, 0.717) is 36.0 Å². The summed E-state index contributed by atoms with van der Waals surface area (Å²) in [5, 5.41) is 2.89. The van der Waals surface area contributed by atoms with Crippen molar-refractivity contribution in [1.82, 2.24) is 4.90 Å². The van der Waals surface area contributed by atoms with E-state index >= 15 is 0 Å². The number of fused-ring (bicyclic) bond motifs is 2. The monoisotopic (exact) mass is 424 g/mol. The standard InChI is InChI=1S/C23H24N2O6/c1-14(26)16-10-21-22(31-13-30-21)11-17(16)24-23(27)12-25-6-2-3-18(25)15-4-5-19-20(9-15)29-8-7-28-19/h4-5,9-11,18H,2-3,6-8,12-13H2,1H3,(H,24,27). The summed E-state index contributed by atoms with van der Waals surface area (Å²) in [6, 6.07) is 9.39. The topological polar surface area (TPSA) is 86.3 Å². The highest BCUT2D eigenvalue weighted by Gasteiger charge is 2.29. The Balaban J connectivity index is 1.31. The van der Waals surface area contributed by atoms with E-state index in [9.17, 15) is 9.59 Å². The Kier molecular flexibility index (Phi) is 5.15. The zero-order chi connectivity index (χ0) is 21.4. The van der Waals surface area contributed by atoms with Gasteiger partial charge in [0.25, 0.3) is 0 Å². The predicted octanol–water partition coefficient (Wildman–Crippen LogP) is 3.16. The van der Waals surface area contributed by atoms with Crippen molar-refractivity contribution in [3.63, 3.8) is 0 Å². The van der Waals surface area contributed by atoms with Crippen LogP contribution in [0.4, 0.5) is 5.69 Å². The average Bonchev–Trinajstić information content (AvgIpc) is 3.41. The Morgan fingerprint density at radius 1 is 1.00 bits per heavy atom. The van der Waals surface area contributed by atoms with E-state index < -0.39 is 0 Å². The molecule has 0 aromatic heterocycles. The van der Waals surface area contributed by atoms with Crippen LogP contribution in [0.2, 0.25) is 0 Å². The smallest absolute Gasteiger partial charge is 0.238 e. The van der Waals surface area contributed by atoms with Gasteiger partial charge in [0.1, 0.15) is 13.2 Å². The molecule has 1 N–H and O–H groups in total. The largest absolute Gasteiger partial charge is 0.486 e. The Morgan fingerprint density at radius 2 is 1.74 bits per heavy atom. The molecule has 1 atom stereocenters. The summed E-state index contributed by atoms with van der Waals surface area (Å²) in [6.45, 7) is 3.73. The molecule has 1 amide bonds. The zero-order valence-electron chi connectivity index (χ0n) is 17.3. The van der Waals surface area contributed by atoms with Crippen molar-refractivity contribution in [1.29, 1.82) is 0 Å². The summed E-state index contributed by atoms with van der Waals surface area (Å²) in [5.74, 6) is 2.23. The van der Waals surface area contributed by atoms with Crippen LogP contribution in [-0.2, 0) is 4.79 Å². The zero-order valence-corrected chi connectivity index (χ0v) is 17.3. The minimum atomic E-state index is -0.175. The van der Waals surface area contributed by atoms with Gasteiger partial charge in [-0.3, -0.25) is 14.5 Å². The van der Waals surface area contributed by atoms with Crippen molar-refractivity contribution < 1.29 is 28.5 Å². The molecule has 3 aliphatic heterocycles. The van der Waals surface area contributed by atoms with Crippen LogP contribution in [0.1, 0.15) is 41.7 Å². The lowest BCUT2D eigenvalue weighted by Gasteiger charge is -2.26. The fraction of sp³-hybridized carbons (Fsp3) is 0.391. The molecule has 162 valence electrons. The number of nitrogens with one attached hydrogen (secondary N) is 1. The molecular formula is C23H24N2O6. The van der Waals surface area contributed by atoms with Crippen molar-refractivity contribution in [3.8, 4) is 23.0 Å². The quantitative estimate of drug-likeness (QED) is 0.738. The van der Waals surface area contributed by atoms with Crippen LogP contribution < -0.4 is 24.3 Å². The van der Waals surface area contributed by atoms with Crippen LogP contribution >= 0.6 is 0 Å². The van der Waals surface area contributed by atoms with Gasteiger partial charge in [-0.1, -0.05) is 6.07 Å². The van der Waals surface area contributed by atoms with Gasteiger partial charge in [0.2, 0.25) is 12.7 Å². The highest BCUT2D eigenvalue weighted by Crippen LogP contribution is 2.39. The molecule has 0 bridgehead atoms. The second-order valence-corrected chi connectivity index (χ2v) is 7.89. The van der Waals surface area contributed by atoms with E-state index in [0.717, 1.165) is 36.4 Å². The maximum absolute atomic E-state index is 12.9. The third-order valence-corrected chi connectivity index (χ3v) is 5.83. The summed E-state index contributed by atoms with van der Waals surface area (Å²) < 4.78 is 22.1. The van der Waals surface area contributed by atoms with Crippen LogP contribution in [-0.4, -0.2) is 49.7 Å². The first kappa shape index (κ1) is 19.7. The van der Waals surface area contributed by atoms with E-state index in [1.807, 2.05) is 18.2 Å². The second kappa shape index (κ2) is 8.11. The Labute approximate surface area is 180 Å². The first-order chi connectivity index (χ1) is 15.1. The molecule has 8 heteroatoms. The fourth-order valence-electron chi connectivity index (χ4n) is 4.37.